The SMILES string of the molecule is CCOC(=O)[C@@H]1CN(C2CCCCC2)C(=O)C1=O. The van der Waals surface area contributed by atoms with Gasteiger partial charge in [-0.1, -0.05) is 19.3 Å². The Labute approximate surface area is 106 Å². The van der Waals surface area contributed by atoms with Gasteiger partial charge in [0.2, 0.25) is 5.78 Å². The number of hydrogen-bond acceptors (Lipinski definition) is 4. The molecule has 0 aromatic heterocycles. The summed E-state index contributed by atoms with van der Waals surface area (Å²) in [5, 5.41) is 0. The third-order valence-electron chi connectivity index (χ3n) is 3.75. The minimum atomic E-state index is -0.903. The van der Waals surface area contributed by atoms with Gasteiger partial charge < -0.3 is 9.64 Å². The van der Waals surface area contributed by atoms with Crippen LogP contribution in [-0.4, -0.2) is 41.8 Å². The Morgan fingerprint density at radius 1 is 1.28 bits per heavy atom. The molecule has 0 bridgehead atoms. The standard InChI is InChI=1S/C13H19NO4/c1-2-18-13(17)10-8-14(12(16)11(10)15)9-6-4-3-5-7-9/h9-10H,2-8H2,1H3/t10-/m1/s1. The van der Waals surface area contributed by atoms with Crippen molar-refractivity contribution in [1.29, 1.82) is 0 Å². The van der Waals surface area contributed by atoms with Crippen molar-refractivity contribution in [3.8, 4) is 0 Å². The highest BCUT2D eigenvalue weighted by molar-refractivity contribution is 6.42. The quantitative estimate of drug-likeness (QED) is 0.426. The molecule has 100 valence electrons. The number of ether oxygens (including phenoxy) is 1. The third kappa shape index (κ3) is 2.40. The second-order valence-corrected chi connectivity index (χ2v) is 4.92. The summed E-state index contributed by atoms with van der Waals surface area (Å²) in [6, 6.07) is 0.134. The fourth-order valence-corrected chi connectivity index (χ4v) is 2.79. The second kappa shape index (κ2) is 5.50. The topological polar surface area (TPSA) is 63.7 Å². The maximum absolute atomic E-state index is 11.9. The first kappa shape index (κ1) is 13.1. The monoisotopic (exact) mass is 253 g/mol. The number of ketones is 1. The number of carbonyl (C=O) groups is 3. The van der Waals surface area contributed by atoms with E-state index < -0.39 is 23.6 Å². The van der Waals surface area contributed by atoms with E-state index in [0.29, 0.717) is 0 Å². The van der Waals surface area contributed by atoms with Crippen molar-refractivity contribution in [2.45, 2.75) is 45.1 Å². The van der Waals surface area contributed by atoms with E-state index in [1.165, 1.54) is 6.42 Å². The van der Waals surface area contributed by atoms with E-state index in [9.17, 15) is 14.4 Å². The summed E-state index contributed by atoms with van der Waals surface area (Å²) >= 11 is 0. The van der Waals surface area contributed by atoms with E-state index in [0.717, 1.165) is 25.7 Å². The van der Waals surface area contributed by atoms with Gasteiger partial charge in [-0.2, -0.15) is 0 Å². The van der Waals surface area contributed by atoms with Crippen molar-refractivity contribution >= 4 is 17.7 Å². The molecule has 1 atom stereocenters. The van der Waals surface area contributed by atoms with Gasteiger partial charge in [-0.25, -0.2) is 0 Å². The summed E-state index contributed by atoms with van der Waals surface area (Å²) in [6.07, 6.45) is 5.25. The lowest BCUT2D eigenvalue weighted by Crippen LogP contribution is -2.39. The highest BCUT2D eigenvalue weighted by Gasteiger charge is 2.46. The van der Waals surface area contributed by atoms with Crippen molar-refractivity contribution in [3.63, 3.8) is 0 Å². The van der Waals surface area contributed by atoms with Crippen LogP contribution in [0.3, 0.4) is 0 Å². The molecule has 0 spiro atoms. The van der Waals surface area contributed by atoms with Gasteiger partial charge in [-0.15, -0.1) is 0 Å². The molecule has 1 saturated carbocycles. The second-order valence-electron chi connectivity index (χ2n) is 4.92. The van der Waals surface area contributed by atoms with E-state index in [1.807, 2.05) is 0 Å². The zero-order valence-electron chi connectivity index (χ0n) is 10.7. The summed E-state index contributed by atoms with van der Waals surface area (Å²) in [6.45, 7) is 2.14. The summed E-state index contributed by atoms with van der Waals surface area (Å²) in [5.74, 6) is -2.56. The van der Waals surface area contributed by atoms with Crippen LogP contribution in [0.25, 0.3) is 0 Å². The minimum Gasteiger partial charge on any atom is -0.465 e. The van der Waals surface area contributed by atoms with Crippen LogP contribution in [0.2, 0.25) is 0 Å². The highest BCUT2D eigenvalue weighted by Crippen LogP contribution is 2.27. The van der Waals surface area contributed by atoms with Crippen molar-refractivity contribution < 1.29 is 19.1 Å². The van der Waals surface area contributed by atoms with Crippen LogP contribution in [0.4, 0.5) is 0 Å². The lowest BCUT2D eigenvalue weighted by Gasteiger charge is -2.30. The largest absolute Gasteiger partial charge is 0.465 e. The molecule has 5 heteroatoms. The molecule has 5 nitrogen and oxygen atoms in total. The van der Waals surface area contributed by atoms with Crippen molar-refractivity contribution in [2.24, 2.45) is 5.92 Å². The lowest BCUT2D eigenvalue weighted by atomic mass is 9.94. The molecule has 2 rings (SSSR count). The van der Waals surface area contributed by atoms with Crippen molar-refractivity contribution in [1.82, 2.24) is 4.90 Å². The molecule has 0 radical (unpaired) electrons. The number of amides is 1. The molecule has 1 aliphatic heterocycles. The Morgan fingerprint density at radius 2 is 1.94 bits per heavy atom. The van der Waals surface area contributed by atoms with Gasteiger partial charge in [-0.05, 0) is 19.8 Å². The zero-order chi connectivity index (χ0) is 13.1. The third-order valence-corrected chi connectivity index (χ3v) is 3.75. The minimum absolute atomic E-state index is 0.134. The van der Waals surface area contributed by atoms with Crippen molar-refractivity contribution in [3.05, 3.63) is 0 Å². The number of rotatable bonds is 3. The Kier molecular flexibility index (Phi) is 3.99. The summed E-state index contributed by atoms with van der Waals surface area (Å²) in [5.41, 5.74) is 0. The summed E-state index contributed by atoms with van der Waals surface area (Å²) in [4.78, 5) is 36.9. The first-order chi connectivity index (χ1) is 8.65. The molecule has 18 heavy (non-hydrogen) atoms. The van der Waals surface area contributed by atoms with Gasteiger partial charge in [0.1, 0.15) is 5.92 Å². The molecule has 1 heterocycles. The Morgan fingerprint density at radius 3 is 2.56 bits per heavy atom. The van der Waals surface area contributed by atoms with E-state index in [-0.39, 0.29) is 19.2 Å². The van der Waals surface area contributed by atoms with Crippen LogP contribution < -0.4 is 0 Å². The Bertz CT molecular complexity index is 360. The van der Waals surface area contributed by atoms with Gasteiger partial charge in [0, 0.05) is 12.6 Å². The molecule has 2 fully saturated rings. The predicted octanol–water partition coefficient (Wildman–Crippen LogP) is 0.910. The molecular formula is C13H19NO4. The molecule has 1 aliphatic carbocycles. The van der Waals surface area contributed by atoms with Gasteiger partial charge in [0.15, 0.2) is 0 Å². The fourth-order valence-electron chi connectivity index (χ4n) is 2.79. The Balaban J connectivity index is 2.04. The van der Waals surface area contributed by atoms with Gasteiger partial charge >= 0.3 is 5.97 Å². The predicted molar refractivity (Wildman–Crippen MR) is 63.7 cm³/mol. The van der Waals surface area contributed by atoms with Crippen LogP contribution in [0.15, 0.2) is 0 Å². The normalized spacial score (nSPS) is 25.6. The number of hydrogen-bond donors (Lipinski definition) is 0. The molecule has 1 amide bonds. The smallest absolute Gasteiger partial charge is 0.318 e. The van der Waals surface area contributed by atoms with E-state index in [1.54, 1.807) is 11.8 Å². The van der Waals surface area contributed by atoms with Crippen LogP contribution in [0, 0.1) is 5.92 Å². The lowest BCUT2D eigenvalue weighted by molar-refractivity contribution is -0.151. The average molecular weight is 253 g/mol. The number of esters is 1. The highest BCUT2D eigenvalue weighted by atomic mass is 16.5. The molecule has 0 aromatic carbocycles. The molecule has 0 N–H and O–H groups in total. The first-order valence-electron chi connectivity index (χ1n) is 6.66. The number of carbonyl (C=O) groups excluding carboxylic acids is 3. The van der Waals surface area contributed by atoms with E-state index in [4.69, 9.17) is 4.74 Å². The van der Waals surface area contributed by atoms with Crippen LogP contribution in [0.1, 0.15) is 39.0 Å². The van der Waals surface area contributed by atoms with E-state index >= 15 is 0 Å². The van der Waals surface area contributed by atoms with Gasteiger partial charge in [-0.3, -0.25) is 14.4 Å². The maximum atomic E-state index is 11.9. The molecule has 2 aliphatic rings. The number of nitrogens with zero attached hydrogens (tertiary/aromatic N) is 1. The fraction of sp³-hybridized carbons (Fsp3) is 0.769. The summed E-state index contributed by atoms with van der Waals surface area (Å²) in [7, 11) is 0. The van der Waals surface area contributed by atoms with Crippen LogP contribution in [0.5, 0.6) is 0 Å². The van der Waals surface area contributed by atoms with Crippen molar-refractivity contribution in [2.75, 3.05) is 13.2 Å². The zero-order valence-corrected chi connectivity index (χ0v) is 10.7. The molecule has 0 unspecified atom stereocenters. The van der Waals surface area contributed by atoms with Crippen LogP contribution >= 0.6 is 0 Å². The summed E-state index contributed by atoms with van der Waals surface area (Å²) < 4.78 is 4.84. The molecule has 1 saturated heterocycles. The van der Waals surface area contributed by atoms with Gasteiger partial charge in [0.05, 0.1) is 6.61 Å². The maximum Gasteiger partial charge on any atom is 0.318 e. The van der Waals surface area contributed by atoms with E-state index in [2.05, 4.69) is 0 Å². The van der Waals surface area contributed by atoms with Crippen LogP contribution in [-0.2, 0) is 19.1 Å². The van der Waals surface area contributed by atoms with Gasteiger partial charge in [0.25, 0.3) is 5.91 Å². The number of likely N-dealkylation sites (tertiary alicyclic amines) is 1. The number of Topliss-reactive ketones (excluding diaryl/α,β-unsaturated/α-hetero) is 1. The Hall–Kier alpha value is -1.39. The molecule has 0 aromatic rings. The average Bonchev–Trinajstić information content (AvgIpc) is 2.68. The first-order valence-corrected chi connectivity index (χ1v) is 6.66. The molecular weight excluding hydrogens is 234 g/mol.